The molecular formula is C17H14BrN3OS2. The van der Waals surface area contributed by atoms with E-state index >= 15 is 0 Å². The van der Waals surface area contributed by atoms with Crippen molar-refractivity contribution in [2.75, 3.05) is 5.32 Å². The second kappa shape index (κ2) is 6.96. The third-order valence-corrected chi connectivity index (χ3v) is 5.51. The van der Waals surface area contributed by atoms with Crippen molar-refractivity contribution in [3.63, 3.8) is 0 Å². The van der Waals surface area contributed by atoms with Gasteiger partial charge in [0.1, 0.15) is 0 Å². The van der Waals surface area contributed by atoms with E-state index in [4.69, 9.17) is 12.2 Å². The van der Waals surface area contributed by atoms with Gasteiger partial charge in [-0.15, -0.1) is 0 Å². The molecule has 0 unspecified atom stereocenters. The first-order valence-corrected chi connectivity index (χ1v) is 9.21. The maximum absolute atomic E-state index is 12.3. The topological polar surface area (TPSA) is 54.0 Å². The first kappa shape index (κ1) is 17.0. The number of nitrogens with zero attached hydrogens (tertiary/aromatic N) is 1. The Morgan fingerprint density at radius 3 is 2.58 bits per heavy atom. The number of benzene rings is 2. The van der Waals surface area contributed by atoms with E-state index in [0.717, 1.165) is 20.3 Å². The summed E-state index contributed by atoms with van der Waals surface area (Å²) in [5.74, 6) is -0.270. The van der Waals surface area contributed by atoms with Crippen LogP contribution in [0, 0.1) is 13.8 Å². The van der Waals surface area contributed by atoms with Crippen LogP contribution in [0.3, 0.4) is 0 Å². The van der Waals surface area contributed by atoms with Gasteiger partial charge in [0, 0.05) is 4.47 Å². The predicted octanol–water partition coefficient (Wildman–Crippen LogP) is 4.80. The lowest BCUT2D eigenvalue weighted by Crippen LogP contribution is -2.34. The molecule has 1 aromatic heterocycles. The van der Waals surface area contributed by atoms with Gasteiger partial charge in [0.05, 0.1) is 15.8 Å². The average molecular weight is 420 g/mol. The number of aromatic nitrogens is 1. The van der Waals surface area contributed by atoms with E-state index in [9.17, 15) is 4.79 Å². The lowest BCUT2D eigenvalue weighted by atomic mass is 10.1. The molecule has 0 aliphatic carbocycles. The third kappa shape index (κ3) is 3.48. The molecule has 0 atom stereocenters. The van der Waals surface area contributed by atoms with Crippen LogP contribution in [0.25, 0.3) is 10.2 Å². The number of nitrogens with one attached hydrogen (secondary N) is 2. The summed E-state index contributed by atoms with van der Waals surface area (Å²) in [6.07, 6.45) is 0. The van der Waals surface area contributed by atoms with Crippen LogP contribution < -0.4 is 10.6 Å². The maximum Gasteiger partial charge on any atom is 0.258 e. The summed E-state index contributed by atoms with van der Waals surface area (Å²) in [5.41, 5.74) is 3.77. The molecular weight excluding hydrogens is 406 g/mol. The van der Waals surface area contributed by atoms with Crippen molar-refractivity contribution in [3.8, 4) is 0 Å². The van der Waals surface area contributed by atoms with E-state index in [0.29, 0.717) is 10.7 Å². The molecule has 0 saturated heterocycles. The Balaban J connectivity index is 1.76. The molecule has 4 nitrogen and oxygen atoms in total. The van der Waals surface area contributed by atoms with Crippen LogP contribution in [0.5, 0.6) is 0 Å². The largest absolute Gasteiger partial charge is 0.308 e. The zero-order chi connectivity index (χ0) is 17.3. The van der Waals surface area contributed by atoms with Crippen molar-refractivity contribution in [2.24, 2.45) is 0 Å². The highest BCUT2D eigenvalue weighted by atomic mass is 79.9. The van der Waals surface area contributed by atoms with Gasteiger partial charge in [0.2, 0.25) is 0 Å². The Labute approximate surface area is 157 Å². The summed E-state index contributed by atoms with van der Waals surface area (Å²) in [4.78, 5) is 16.8. The molecule has 0 bridgehead atoms. The highest BCUT2D eigenvalue weighted by Crippen LogP contribution is 2.30. The highest BCUT2D eigenvalue weighted by Gasteiger charge is 2.13. The Morgan fingerprint density at radius 2 is 1.88 bits per heavy atom. The number of hydrogen-bond acceptors (Lipinski definition) is 4. The molecule has 0 spiro atoms. The summed E-state index contributed by atoms with van der Waals surface area (Å²) < 4.78 is 1.84. The smallest absolute Gasteiger partial charge is 0.258 e. The van der Waals surface area contributed by atoms with Gasteiger partial charge in [-0.1, -0.05) is 35.6 Å². The molecule has 3 rings (SSSR count). The molecule has 2 N–H and O–H groups in total. The van der Waals surface area contributed by atoms with Gasteiger partial charge in [-0.25, -0.2) is 4.98 Å². The van der Waals surface area contributed by atoms with Crippen LogP contribution in [-0.4, -0.2) is 16.0 Å². The molecule has 0 saturated carbocycles. The monoisotopic (exact) mass is 419 g/mol. The van der Waals surface area contributed by atoms with E-state index in [1.54, 1.807) is 12.1 Å². The highest BCUT2D eigenvalue weighted by molar-refractivity contribution is 9.10. The average Bonchev–Trinajstić information content (AvgIpc) is 2.96. The fourth-order valence-electron chi connectivity index (χ4n) is 2.26. The van der Waals surface area contributed by atoms with E-state index in [2.05, 4.69) is 44.5 Å². The summed E-state index contributed by atoms with van der Waals surface area (Å²) in [6, 6.07) is 11.3. The van der Waals surface area contributed by atoms with Crippen LogP contribution in [0.1, 0.15) is 21.5 Å². The Morgan fingerprint density at radius 1 is 1.17 bits per heavy atom. The van der Waals surface area contributed by atoms with Crippen molar-refractivity contribution in [2.45, 2.75) is 13.8 Å². The lowest BCUT2D eigenvalue weighted by Gasteiger charge is -2.08. The second-order valence-corrected chi connectivity index (χ2v) is 7.55. The van der Waals surface area contributed by atoms with Crippen LogP contribution in [-0.2, 0) is 0 Å². The maximum atomic E-state index is 12.3. The Bertz CT molecular complexity index is 913. The zero-order valence-electron chi connectivity index (χ0n) is 13.0. The third-order valence-electron chi connectivity index (χ3n) is 3.51. The minimum Gasteiger partial charge on any atom is -0.308 e. The number of halogens is 1. The Hall–Kier alpha value is -1.83. The van der Waals surface area contributed by atoms with Crippen LogP contribution in [0.15, 0.2) is 40.9 Å². The molecule has 122 valence electrons. The van der Waals surface area contributed by atoms with E-state index in [-0.39, 0.29) is 11.0 Å². The molecule has 24 heavy (non-hydrogen) atoms. The number of amides is 1. The molecule has 0 fully saturated rings. The fourth-order valence-corrected chi connectivity index (χ4v) is 3.99. The van der Waals surface area contributed by atoms with Gasteiger partial charge < -0.3 is 5.32 Å². The SMILES string of the molecule is Cc1ccc(C)c2sc(NC(=S)NC(=O)c3ccccc3Br)nc12. The lowest BCUT2D eigenvalue weighted by molar-refractivity contribution is 0.0977. The zero-order valence-corrected chi connectivity index (χ0v) is 16.2. The van der Waals surface area contributed by atoms with Crippen molar-refractivity contribution >= 4 is 65.9 Å². The summed E-state index contributed by atoms with van der Waals surface area (Å²) in [7, 11) is 0. The minimum absolute atomic E-state index is 0.227. The molecule has 0 aliphatic rings. The quantitative estimate of drug-likeness (QED) is 0.585. The summed E-state index contributed by atoms with van der Waals surface area (Å²) >= 11 is 10.1. The number of carbonyl (C=O) groups is 1. The first-order valence-electron chi connectivity index (χ1n) is 7.19. The van der Waals surface area contributed by atoms with Crippen molar-refractivity contribution in [1.82, 2.24) is 10.3 Å². The fraction of sp³-hybridized carbons (Fsp3) is 0.118. The normalized spacial score (nSPS) is 10.6. The number of thiazole rings is 1. The molecule has 0 aliphatic heterocycles. The van der Waals surface area contributed by atoms with Gasteiger partial charge in [0.25, 0.3) is 5.91 Å². The first-order chi connectivity index (χ1) is 11.5. The van der Waals surface area contributed by atoms with Gasteiger partial charge in [-0.3, -0.25) is 10.1 Å². The molecule has 2 aromatic carbocycles. The van der Waals surface area contributed by atoms with E-state index in [1.165, 1.54) is 16.9 Å². The number of thiocarbonyl (C=S) groups is 1. The van der Waals surface area contributed by atoms with Crippen molar-refractivity contribution in [1.29, 1.82) is 0 Å². The Kier molecular flexibility index (Phi) is 4.93. The van der Waals surface area contributed by atoms with Crippen molar-refractivity contribution < 1.29 is 4.79 Å². The number of aryl methyl sites for hydroxylation is 2. The summed E-state index contributed by atoms with van der Waals surface area (Å²) in [6.45, 7) is 4.08. The molecule has 1 heterocycles. The van der Waals surface area contributed by atoms with E-state index < -0.39 is 0 Å². The van der Waals surface area contributed by atoms with Crippen LogP contribution in [0.2, 0.25) is 0 Å². The molecule has 3 aromatic rings. The van der Waals surface area contributed by atoms with Gasteiger partial charge in [-0.05, 0) is 65.3 Å². The number of anilines is 1. The van der Waals surface area contributed by atoms with E-state index in [1.807, 2.05) is 25.1 Å². The van der Waals surface area contributed by atoms with Crippen LogP contribution in [0.4, 0.5) is 5.13 Å². The second-order valence-electron chi connectivity index (χ2n) is 5.28. The number of fused-ring (bicyclic) bond motifs is 1. The van der Waals surface area contributed by atoms with Crippen LogP contribution >= 0.6 is 39.5 Å². The summed E-state index contributed by atoms with van der Waals surface area (Å²) in [5, 5.41) is 6.57. The van der Waals surface area contributed by atoms with Gasteiger partial charge in [-0.2, -0.15) is 0 Å². The van der Waals surface area contributed by atoms with Gasteiger partial charge >= 0.3 is 0 Å². The number of hydrogen-bond donors (Lipinski definition) is 2. The standard InChI is InChI=1S/C17H14BrN3OS2/c1-9-7-8-10(2)14-13(9)19-17(24-14)21-16(23)20-15(22)11-5-3-4-6-12(11)18/h3-8H,1-2H3,(H2,19,20,21,22,23). The molecule has 1 amide bonds. The molecule has 0 radical (unpaired) electrons. The minimum atomic E-state index is -0.270. The number of rotatable bonds is 2. The predicted molar refractivity (Wildman–Crippen MR) is 107 cm³/mol. The molecule has 7 heteroatoms. The van der Waals surface area contributed by atoms with Crippen molar-refractivity contribution in [3.05, 3.63) is 57.6 Å². The number of carbonyl (C=O) groups excluding carboxylic acids is 1. The van der Waals surface area contributed by atoms with Gasteiger partial charge in [0.15, 0.2) is 10.2 Å².